The van der Waals surface area contributed by atoms with E-state index in [1.807, 2.05) is 30.3 Å². The van der Waals surface area contributed by atoms with Crippen LogP contribution >= 0.6 is 23.2 Å². The van der Waals surface area contributed by atoms with Crippen molar-refractivity contribution in [3.63, 3.8) is 0 Å². The number of nitrogens with zero attached hydrogens (tertiary/aromatic N) is 1. The maximum Gasteiger partial charge on any atom is 0.211 e. The van der Waals surface area contributed by atoms with Crippen molar-refractivity contribution < 1.29 is 8.42 Å². The molecule has 2 rings (SSSR count). The molecule has 3 nitrogen and oxygen atoms in total. The molecule has 0 bridgehead atoms. The Labute approximate surface area is 147 Å². The van der Waals surface area contributed by atoms with Crippen LogP contribution in [0.25, 0.3) is 6.08 Å². The SMILES string of the molecule is CS(=O)(=O)N(CC=Cc1cc(Cl)cc(Cl)c1)Cc1ccccc1. The molecule has 0 amide bonds. The molecule has 0 aliphatic rings. The predicted molar refractivity (Wildman–Crippen MR) is 97.2 cm³/mol. The molecule has 0 N–H and O–H groups in total. The minimum atomic E-state index is -3.30. The van der Waals surface area contributed by atoms with Crippen molar-refractivity contribution >= 4 is 39.3 Å². The Hall–Kier alpha value is -1.33. The van der Waals surface area contributed by atoms with Crippen molar-refractivity contribution in [2.24, 2.45) is 0 Å². The smallest absolute Gasteiger partial charge is 0.211 e. The van der Waals surface area contributed by atoms with Gasteiger partial charge in [0.2, 0.25) is 10.0 Å². The second-order valence-corrected chi connectivity index (χ2v) is 8.00. The zero-order chi connectivity index (χ0) is 16.9. The van der Waals surface area contributed by atoms with Crippen LogP contribution in [0.2, 0.25) is 10.0 Å². The Morgan fingerprint density at radius 1 is 1.04 bits per heavy atom. The monoisotopic (exact) mass is 369 g/mol. The summed E-state index contributed by atoms with van der Waals surface area (Å²) in [5, 5.41) is 1.09. The highest BCUT2D eigenvalue weighted by Gasteiger charge is 2.15. The molecule has 2 aromatic carbocycles. The Balaban J connectivity index is 2.11. The molecule has 0 radical (unpaired) electrons. The number of hydrogen-bond acceptors (Lipinski definition) is 2. The Morgan fingerprint density at radius 3 is 2.22 bits per heavy atom. The van der Waals surface area contributed by atoms with Gasteiger partial charge in [0.15, 0.2) is 0 Å². The third-order valence-electron chi connectivity index (χ3n) is 3.17. The highest BCUT2D eigenvalue weighted by atomic mass is 35.5. The average molecular weight is 370 g/mol. The summed E-state index contributed by atoms with van der Waals surface area (Å²) in [5.41, 5.74) is 1.77. The van der Waals surface area contributed by atoms with Crippen LogP contribution in [0.3, 0.4) is 0 Å². The van der Waals surface area contributed by atoms with Gasteiger partial charge in [-0.05, 0) is 29.3 Å². The first-order chi connectivity index (χ1) is 10.8. The Bertz CT molecular complexity index is 769. The van der Waals surface area contributed by atoms with E-state index in [4.69, 9.17) is 23.2 Å². The molecule has 122 valence electrons. The van der Waals surface area contributed by atoms with E-state index in [0.29, 0.717) is 16.6 Å². The van der Waals surface area contributed by atoms with Crippen LogP contribution in [-0.2, 0) is 16.6 Å². The Kier molecular flexibility index (Phi) is 6.25. The summed E-state index contributed by atoms with van der Waals surface area (Å²) in [6.45, 7) is 0.609. The van der Waals surface area contributed by atoms with Gasteiger partial charge >= 0.3 is 0 Å². The van der Waals surface area contributed by atoms with E-state index in [1.165, 1.54) is 10.6 Å². The third kappa shape index (κ3) is 5.99. The van der Waals surface area contributed by atoms with Gasteiger partial charge < -0.3 is 0 Å². The maximum absolute atomic E-state index is 11.9. The highest BCUT2D eigenvalue weighted by Crippen LogP contribution is 2.20. The molecular formula is C17H17Cl2NO2S. The summed E-state index contributed by atoms with van der Waals surface area (Å²) in [5.74, 6) is 0. The first kappa shape index (κ1) is 18.0. The van der Waals surface area contributed by atoms with E-state index in [9.17, 15) is 8.42 Å². The molecule has 0 fully saturated rings. The minimum absolute atomic E-state index is 0.276. The molecule has 23 heavy (non-hydrogen) atoms. The van der Waals surface area contributed by atoms with Crippen molar-refractivity contribution in [3.8, 4) is 0 Å². The molecular weight excluding hydrogens is 353 g/mol. The van der Waals surface area contributed by atoms with Gasteiger partial charge in [0.25, 0.3) is 0 Å². The second kappa shape index (κ2) is 7.97. The number of sulfonamides is 1. The lowest BCUT2D eigenvalue weighted by Crippen LogP contribution is -2.29. The summed E-state index contributed by atoms with van der Waals surface area (Å²) >= 11 is 11.9. The van der Waals surface area contributed by atoms with Gasteiger partial charge in [-0.25, -0.2) is 8.42 Å². The topological polar surface area (TPSA) is 37.4 Å². The lowest BCUT2D eigenvalue weighted by Gasteiger charge is -2.18. The molecule has 2 aromatic rings. The van der Waals surface area contributed by atoms with Crippen LogP contribution in [-0.4, -0.2) is 25.5 Å². The maximum atomic E-state index is 11.9. The van der Waals surface area contributed by atoms with Crippen molar-refractivity contribution in [1.29, 1.82) is 0 Å². The molecule has 0 aliphatic carbocycles. The lowest BCUT2D eigenvalue weighted by molar-refractivity contribution is 0.443. The molecule has 0 heterocycles. The first-order valence-corrected chi connectivity index (χ1v) is 9.57. The van der Waals surface area contributed by atoms with Crippen molar-refractivity contribution in [2.45, 2.75) is 6.54 Å². The van der Waals surface area contributed by atoms with Gasteiger partial charge in [0.05, 0.1) is 6.26 Å². The fourth-order valence-electron chi connectivity index (χ4n) is 2.08. The van der Waals surface area contributed by atoms with E-state index in [2.05, 4.69) is 0 Å². The zero-order valence-corrected chi connectivity index (χ0v) is 14.9. The molecule has 0 atom stereocenters. The van der Waals surface area contributed by atoms with Crippen LogP contribution in [0.15, 0.2) is 54.6 Å². The van der Waals surface area contributed by atoms with E-state index < -0.39 is 10.0 Å². The van der Waals surface area contributed by atoms with Crippen molar-refractivity contribution in [1.82, 2.24) is 4.31 Å². The fraction of sp³-hybridized carbons (Fsp3) is 0.176. The molecule has 0 aromatic heterocycles. The first-order valence-electron chi connectivity index (χ1n) is 6.96. The van der Waals surface area contributed by atoms with Gasteiger partial charge in [0.1, 0.15) is 0 Å². The number of benzene rings is 2. The van der Waals surface area contributed by atoms with E-state index in [-0.39, 0.29) is 6.54 Å². The number of rotatable bonds is 6. The van der Waals surface area contributed by atoms with Crippen LogP contribution in [0.1, 0.15) is 11.1 Å². The van der Waals surface area contributed by atoms with E-state index in [0.717, 1.165) is 11.1 Å². The summed E-state index contributed by atoms with van der Waals surface area (Å²) in [4.78, 5) is 0. The fourth-order valence-corrected chi connectivity index (χ4v) is 3.37. The number of hydrogen-bond donors (Lipinski definition) is 0. The van der Waals surface area contributed by atoms with Crippen LogP contribution < -0.4 is 0 Å². The van der Waals surface area contributed by atoms with Crippen LogP contribution in [0.4, 0.5) is 0 Å². The van der Waals surface area contributed by atoms with Gasteiger partial charge in [0, 0.05) is 23.1 Å². The summed E-state index contributed by atoms with van der Waals surface area (Å²) < 4.78 is 25.3. The third-order valence-corrected chi connectivity index (χ3v) is 4.83. The molecule has 6 heteroatoms. The average Bonchev–Trinajstić information content (AvgIpc) is 2.45. The predicted octanol–water partition coefficient (Wildman–Crippen LogP) is 4.47. The second-order valence-electron chi connectivity index (χ2n) is 5.15. The van der Waals surface area contributed by atoms with Crippen molar-refractivity contribution in [3.05, 3.63) is 75.8 Å². The highest BCUT2D eigenvalue weighted by molar-refractivity contribution is 7.88. The summed E-state index contributed by atoms with van der Waals surface area (Å²) in [6, 6.07) is 14.7. The van der Waals surface area contributed by atoms with Gasteiger partial charge in [-0.2, -0.15) is 4.31 Å². The van der Waals surface area contributed by atoms with Gasteiger partial charge in [-0.15, -0.1) is 0 Å². The largest absolute Gasteiger partial charge is 0.212 e. The molecule has 0 unspecified atom stereocenters. The van der Waals surface area contributed by atoms with Crippen LogP contribution in [0, 0.1) is 0 Å². The van der Waals surface area contributed by atoms with Gasteiger partial charge in [-0.1, -0.05) is 65.7 Å². The quantitative estimate of drug-likeness (QED) is 0.753. The summed E-state index contributed by atoms with van der Waals surface area (Å²) in [7, 11) is -3.30. The standard InChI is InChI=1S/C17H17Cl2NO2S/c1-23(21,22)20(13-14-6-3-2-4-7-14)9-5-8-15-10-16(18)12-17(19)11-15/h2-8,10-12H,9,13H2,1H3. The van der Waals surface area contributed by atoms with E-state index in [1.54, 1.807) is 30.4 Å². The normalized spacial score (nSPS) is 12.2. The molecule has 0 aliphatic heterocycles. The lowest BCUT2D eigenvalue weighted by atomic mass is 10.2. The van der Waals surface area contributed by atoms with E-state index >= 15 is 0 Å². The summed E-state index contributed by atoms with van der Waals surface area (Å²) in [6.07, 6.45) is 4.80. The van der Waals surface area contributed by atoms with Crippen molar-refractivity contribution in [2.75, 3.05) is 12.8 Å². The van der Waals surface area contributed by atoms with Gasteiger partial charge in [-0.3, -0.25) is 0 Å². The molecule has 0 spiro atoms. The van der Waals surface area contributed by atoms with Crippen LogP contribution in [0.5, 0.6) is 0 Å². The number of halogens is 2. The minimum Gasteiger partial charge on any atom is -0.212 e. The molecule has 0 saturated heterocycles. The zero-order valence-electron chi connectivity index (χ0n) is 12.6. The molecule has 0 saturated carbocycles. The Morgan fingerprint density at radius 2 is 1.65 bits per heavy atom.